The van der Waals surface area contributed by atoms with E-state index in [0.717, 1.165) is 4.31 Å². The molecule has 0 saturated carbocycles. The Balaban J connectivity index is 2.46. The van der Waals surface area contributed by atoms with E-state index in [1.165, 1.54) is 14.0 Å². The van der Waals surface area contributed by atoms with Crippen LogP contribution in [0.1, 0.15) is 19.8 Å². The summed E-state index contributed by atoms with van der Waals surface area (Å²) in [6.07, 6.45) is 0.453. The third-order valence-electron chi connectivity index (χ3n) is 3.15. The highest BCUT2D eigenvalue weighted by Crippen LogP contribution is 2.16. The highest BCUT2D eigenvalue weighted by atomic mass is 32.2. The van der Waals surface area contributed by atoms with Crippen molar-refractivity contribution in [2.45, 2.75) is 19.8 Å². The van der Waals surface area contributed by atoms with Gasteiger partial charge in [-0.05, 0) is 37.6 Å². The maximum absolute atomic E-state index is 11.8. The van der Waals surface area contributed by atoms with Crippen molar-refractivity contribution in [3.05, 3.63) is 24.3 Å². The van der Waals surface area contributed by atoms with Crippen LogP contribution in [0.2, 0.25) is 0 Å². The number of hydrogen-bond donors (Lipinski definition) is 2. The Morgan fingerprint density at radius 1 is 1.25 bits per heavy atom. The quantitative estimate of drug-likeness (QED) is 0.607. The van der Waals surface area contributed by atoms with E-state index in [2.05, 4.69) is 5.32 Å². The van der Waals surface area contributed by atoms with Crippen LogP contribution in [0.15, 0.2) is 24.3 Å². The van der Waals surface area contributed by atoms with Crippen molar-refractivity contribution in [3.63, 3.8) is 0 Å². The maximum Gasteiger partial charge on any atom is 0.303 e. The van der Waals surface area contributed by atoms with Crippen molar-refractivity contribution in [2.75, 3.05) is 31.3 Å². The Morgan fingerprint density at radius 3 is 2.42 bits per heavy atom. The number of nitrogens with one attached hydrogen (secondary N) is 1. The number of ether oxygens (including phenoxy) is 1. The summed E-state index contributed by atoms with van der Waals surface area (Å²) in [5.41, 5.74) is 0.514. The van der Waals surface area contributed by atoms with Crippen LogP contribution in [-0.4, -0.2) is 55.7 Å². The highest BCUT2D eigenvalue weighted by Gasteiger charge is 2.18. The summed E-state index contributed by atoms with van der Waals surface area (Å²) in [5.74, 6) is -0.814. The molecule has 0 spiro atoms. The Bertz CT molecular complexity index is 657. The lowest BCUT2D eigenvalue weighted by atomic mass is 10.3. The van der Waals surface area contributed by atoms with Gasteiger partial charge in [0.2, 0.25) is 15.9 Å². The Labute approximate surface area is 141 Å². The second-order valence-corrected chi connectivity index (χ2v) is 7.44. The van der Waals surface area contributed by atoms with Crippen LogP contribution in [0.3, 0.4) is 0 Å². The normalized spacial score (nSPS) is 11.3. The zero-order valence-electron chi connectivity index (χ0n) is 13.7. The summed E-state index contributed by atoms with van der Waals surface area (Å²) < 4.78 is 29.6. The van der Waals surface area contributed by atoms with Crippen LogP contribution in [0.5, 0.6) is 5.75 Å². The van der Waals surface area contributed by atoms with Gasteiger partial charge in [0.1, 0.15) is 5.75 Å². The first kappa shape index (κ1) is 19.9. The van der Waals surface area contributed by atoms with Crippen molar-refractivity contribution in [1.29, 1.82) is 0 Å². The van der Waals surface area contributed by atoms with Crippen LogP contribution < -0.4 is 10.1 Å². The fourth-order valence-corrected chi connectivity index (χ4v) is 2.52. The van der Waals surface area contributed by atoms with Gasteiger partial charge in [-0.25, -0.2) is 8.42 Å². The minimum atomic E-state index is -3.40. The van der Waals surface area contributed by atoms with Crippen molar-refractivity contribution in [2.24, 2.45) is 0 Å². The lowest BCUT2D eigenvalue weighted by molar-refractivity contribution is -0.137. The molecule has 2 N–H and O–H groups in total. The Kier molecular flexibility index (Phi) is 7.66. The number of carboxylic acids is 1. The van der Waals surface area contributed by atoms with Gasteiger partial charge in [-0.15, -0.1) is 0 Å². The largest absolute Gasteiger partial charge is 0.494 e. The Hall–Kier alpha value is -2.13. The number of carboxylic acid groups (broad SMARTS) is 1. The minimum absolute atomic E-state index is 0.0440. The van der Waals surface area contributed by atoms with Gasteiger partial charge in [-0.3, -0.25) is 9.59 Å². The number of carbonyl (C=O) groups excluding carboxylic acids is 1. The first-order valence-corrected chi connectivity index (χ1v) is 9.04. The zero-order chi connectivity index (χ0) is 18.2. The van der Waals surface area contributed by atoms with Crippen LogP contribution in [0.25, 0.3) is 0 Å². The van der Waals surface area contributed by atoms with Gasteiger partial charge < -0.3 is 15.2 Å². The number of likely N-dealkylation sites (N-methyl/N-ethyl adjacent to an activating group) is 1. The summed E-state index contributed by atoms with van der Waals surface area (Å²) in [7, 11) is -2.05. The molecule has 0 saturated heterocycles. The number of anilines is 1. The number of aliphatic carboxylic acids is 1. The van der Waals surface area contributed by atoms with E-state index in [9.17, 15) is 18.0 Å². The van der Waals surface area contributed by atoms with Gasteiger partial charge in [0.05, 0.1) is 18.9 Å². The molecule has 0 bridgehead atoms. The molecular weight excluding hydrogens is 336 g/mol. The third kappa shape index (κ3) is 6.97. The number of rotatable bonds is 10. The van der Waals surface area contributed by atoms with Crippen molar-refractivity contribution in [1.82, 2.24) is 4.31 Å². The standard InChI is InChI=1S/C15H22N2O6S/c1-3-24(21,22)17(2)11-14(18)16-12-6-8-13(9-7-12)23-10-4-5-15(19)20/h6-9H,3-5,10-11H2,1-2H3,(H,16,18)(H,19,20). The molecule has 8 nitrogen and oxygen atoms in total. The summed E-state index contributed by atoms with van der Waals surface area (Å²) in [6.45, 7) is 1.54. The van der Waals surface area contributed by atoms with Gasteiger partial charge >= 0.3 is 5.97 Å². The summed E-state index contributed by atoms with van der Waals surface area (Å²) in [5, 5.41) is 11.1. The van der Waals surface area contributed by atoms with E-state index >= 15 is 0 Å². The van der Waals surface area contributed by atoms with Gasteiger partial charge in [0, 0.05) is 19.2 Å². The second-order valence-electron chi connectivity index (χ2n) is 5.07. The summed E-state index contributed by atoms with van der Waals surface area (Å²) in [4.78, 5) is 22.2. The number of sulfonamides is 1. The smallest absolute Gasteiger partial charge is 0.303 e. The van der Waals surface area contributed by atoms with Crippen LogP contribution in [0.4, 0.5) is 5.69 Å². The van der Waals surface area contributed by atoms with Crippen molar-refractivity contribution in [3.8, 4) is 5.75 Å². The van der Waals surface area contributed by atoms with E-state index in [1.54, 1.807) is 24.3 Å². The lowest BCUT2D eigenvalue weighted by Crippen LogP contribution is -2.35. The highest BCUT2D eigenvalue weighted by molar-refractivity contribution is 7.89. The lowest BCUT2D eigenvalue weighted by Gasteiger charge is -2.15. The zero-order valence-corrected chi connectivity index (χ0v) is 14.5. The number of carbonyl (C=O) groups is 2. The van der Waals surface area contributed by atoms with Crippen LogP contribution >= 0.6 is 0 Å². The molecule has 0 aliphatic rings. The molecule has 1 aromatic carbocycles. The molecule has 0 fully saturated rings. The van der Waals surface area contributed by atoms with Gasteiger partial charge in [-0.2, -0.15) is 4.31 Å². The van der Waals surface area contributed by atoms with Crippen molar-refractivity contribution >= 4 is 27.6 Å². The molecular formula is C15H22N2O6S. The van der Waals surface area contributed by atoms with Gasteiger partial charge in [0.15, 0.2) is 0 Å². The first-order chi connectivity index (χ1) is 11.2. The van der Waals surface area contributed by atoms with E-state index in [1.807, 2.05) is 0 Å². The molecule has 0 aliphatic carbocycles. The molecule has 1 rings (SSSR count). The van der Waals surface area contributed by atoms with Gasteiger partial charge in [0.25, 0.3) is 0 Å². The monoisotopic (exact) mass is 358 g/mol. The number of hydrogen-bond acceptors (Lipinski definition) is 5. The molecule has 0 radical (unpaired) electrons. The predicted octanol–water partition coefficient (Wildman–Crippen LogP) is 1.15. The molecule has 24 heavy (non-hydrogen) atoms. The first-order valence-electron chi connectivity index (χ1n) is 7.43. The van der Waals surface area contributed by atoms with E-state index in [-0.39, 0.29) is 25.3 Å². The van der Waals surface area contributed by atoms with E-state index in [0.29, 0.717) is 17.9 Å². The summed E-state index contributed by atoms with van der Waals surface area (Å²) >= 11 is 0. The summed E-state index contributed by atoms with van der Waals surface area (Å²) in [6, 6.07) is 6.53. The number of amides is 1. The SMILES string of the molecule is CCS(=O)(=O)N(C)CC(=O)Nc1ccc(OCCCC(=O)O)cc1. The number of benzene rings is 1. The van der Waals surface area contributed by atoms with Crippen LogP contribution in [0, 0.1) is 0 Å². The maximum atomic E-state index is 11.8. The predicted molar refractivity (Wildman–Crippen MR) is 89.5 cm³/mol. The molecule has 134 valence electrons. The molecule has 1 amide bonds. The molecule has 0 unspecified atom stereocenters. The molecule has 0 aliphatic heterocycles. The van der Waals surface area contributed by atoms with Crippen molar-refractivity contribution < 1.29 is 27.9 Å². The molecule has 9 heteroatoms. The van der Waals surface area contributed by atoms with Gasteiger partial charge in [-0.1, -0.05) is 0 Å². The fourth-order valence-electron chi connectivity index (χ4n) is 1.77. The molecule has 1 aromatic rings. The van der Waals surface area contributed by atoms with E-state index in [4.69, 9.17) is 9.84 Å². The van der Waals surface area contributed by atoms with Crippen LogP contribution in [-0.2, 0) is 19.6 Å². The Morgan fingerprint density at radius 2 is 1.88 bits per heavy atom. The molecule has 0 aromatic heterocycles. The number of nitrogens with zero attached hydrogens (tertiary/aromatic N) is 1. The van der Waals surface area contributed by atoms with E-state index < -0.39 is 21.9 Å². The molecule has 0 heterocycles. The fraction of sp³-hybridized carbons (Fsp3) is 0.467. The average Bonchev–Trinajstić information content (AvgIpc) is 2.52. The third-order valence-corrected chi connectivity index (χ3v) is 4.96. The molecule has 0 atom stereocenters. The average molecular weight is 358 g/mol. The minimum Gasteiger partial charge on any atom is -0.494 e. The topological polar surface area (TPSA) is 113 Å². The second kappa shape index (κ2) is 9.24.